The third-order valence-electron chi connectivity index (χ3n) is 5.73. The van der Waals surface area contributed by atoms with Gasteiger partial charge in [0.05, 0.1) is 6.42 Å². The Hall–Kier alpha value is -2.92. The van der Waals surface area contributed by atoms with Crippen LogP contribution in [0.4, 0.5) is 10.2 Å². The SMILES string of the molecule is CCC(CC(=O)O)c1cc(Cc2ccc(Cl)cc2)cc(N(Cc2ccc(F)cc2)C(C)C)n1. The molecular weight excluding hydrogens is 439 g/mol. The number of pyridine rings is 1. The lowest BCUT2D eigenvalue weighted by molar-refractivity contribution is -0.137. The largest absolute Gasteiger partial charge is 0.481 e. The Morgan fingerprint density at radius 3 is 2.24 bits per heavy atom. The topological polar surface area (TPSA) is 53.4 Å². The van der Waals surface area contributed by atoms with Crippen molar-refractivity contribution >= 4 is 23.4 Å². The van der Waals surface area contributed by atoms with Gasteiger partial charge in [-0.3, -0.25) is 4.79 Å². The van der Waals surface area contributed by atoms with Gasteiger partial charge in [-0.15, -0.1) is 0 Å². The predicted octanol–water partition coefficient (Wildman–Crippen LogP) is 6.85. The lowest BCUT2D eigenvalue weighted by Gasteiger charge is -2.29. The minimum Gasteiger partial charge on any atom is -0.481 e. The first-order chi connectivity index (χ1) is 15.7. The minimum atomic E-state index is -0.833. The Kier molecular flexibility index (Phi) is 8.45. The van der Waals surface area contributed by atoms with Crippen molar-refractivity contribution in [2.24, 2.45) is 0 Å². The third-order valence-corrected chi connectivity index (χ3v) is 5.98. The zero-order valence-corrected chi connectivity index (χ0v) is 20.0. The number of halogens is 2. The molecular formula is C27H30ClFN2O2. The molecule has 1 heterocycles. The smallest absolute Gasteiger partial charge is 0.304 e. The van der Waals surface area contributed by atoms with Crippen molar-refractivity contribution in [3.8, 4) is 0 Å². The molecule has 1 unspecified atom stereocenters. The van der Waals surface area contributed by atoms with Gasteiger partial charge in [0.25, 0.3) is 0 Å². The van der Waals surface area contributed by atoms with Gasteiger partial charge in [-0.05, 0) is 79.8 Å². The minimum absolute atomic E-state index is 0.0347. The molecule has 0 saturated heterocycles. The van der Waals surface area contributed by atoms with Gasteiger partial charge in [0.2, 0.25) is 0 Å². The number of rotatable bonds is 10. The van der Waals surface area contributed by atoms with Crippen molar-refractivity contribution in [1.82, 2.24) is 4.98 Å². The summed E-state index contributed by atoms with van der Waals surface area (Å²) in [5.74, 6) is -0.481. The van der Waals surface area contributed by atoms with E-state index in [1.165, 1.54) is 12.1 Å². The second kappa shape index (κ2) is 11.3. The van der Waals surface area contributed by atoms with Gasteiger partial charge in [-0.25, -0.2) is 9.37 Å². The molecule has 2 aromatic carbocycles. The number of carboxylic acids is 1. The molecule has 3 rings (SSSR count). The predicted molar refractivity (Wildman–Crippen MR) is 131 cm³/mol. The van der Waals surface area contributed by atoms with Crippen LogP contribution in [0.2, 0.25) is 5.02 Å². The van der Waals surface area contributed by atoms with Crippen LogP contribution in [0.1, 0.15) is 61.9 Å². The van der Waals surface area contributed by atoms with Crippen LogP contribution in [0.15, 0.2) is 60.7 Å². The van der Waals surface area contributed by atoms with Crippen LogP contribution in [0, 0.1) is 5.82 Å². The van der Waals surface area contributed by atoms with E-state index in [9.17, 15) is 14.3 Å². The van der Waals surface area contributed by atoms with E-state index < -0.39 is 5.97 Å². The van der Waals surface area contributed by atoms with Crippen LogP contribution in [-0.4, -0.2) is 22.1 Å². The first kappa shape index (κ1) is 24.7. The van der Waals surface area contributed by atoms with Gasteiger partial charge >= 0.3 is 5.97 Å². The first-order valence-electron chi connectivity index (χ1n) is 11.2. The van der Waals surface area contributed by atoms with Crippen molar-refractivity contribution in [1.29, 1.82) is 0 Å². The standard InChI is InChI=1S/C27H30ClFN2O2/c1-4-22(16-27(32)33)25-14-21(13-19-5-9-23(28)10-6-19)15-26(30-25)31(18(2)3)17-20-7-11-24(29)12-8-20/h5-12,14-15,18,22H,4,13,16-17H2,1-3H3,(H,32,33). The summed E-state index contributed by atoms with van der Waals surface area (Å²) in [4.78, 5) is 18.5. The molecule has 0 radical (unpaired) electrons. The van der Waals surface area contributed by atoms with E-state index in [0.29, 0.717) is 24.4 Å². The molecule has 0 fully saturated rings. The number of carbonyl (C=O) groups is 1. The van der Waals surface area contributed by atoms with Crippen LogP contribution in [-0.2, 0) is 17.8 Å². The second-order valence-electron chi connectivity index (χ2n) is 8.61. The molecule has 1 aromatic heterocycles. The van der Waals surface area contributed by atoms with Crippen LogP contribution >= 0.6 is 11.6 Å². The van der Waals surface area contributed by atoms with Crippen molar-refractivity contribution in [3.05, 3.63) is 93.9 Å². The number of hydrogen-bond acceptors (Lipinski definition) is 3. The molecule has 0 bridgehead atoms. The molecule has 4 nitrogen and oxygen atoms in total. The van der Waals surface area contributed by atoms with Gasteiger partial charge < -0.3 is 10.0 Å². The van der Waals surface area contributed by atoms with Crippen LogP contribution in [0.5, 0.6) is 0 Å². The summed E-state index contributed by atoms with van der Waals surface area (Å²) >= 11 is 6.04. The van der Waals surface area contributed by atoms with Crippen molar-refractivity contribution in [2.75, 3.05) is 4.90 Å². The van der Waals surface area contributed by atoms with E-state index >= 15 is 0 Å². The fourth-order valence-corrected chi connectivity index (χ4v) is 4.00. The summed E-state index contributed by atoms with van der Waals surface area (Å²) < 4.78 is 13.4. The number of anilines is 1. The Bertz CT molecular complexity index is 1070. The number of aliphatic carboxylic acids is 1. The average Bonchev–Trinajstić information content (AvgIpc) is 2.78. The number of nitrogens with zero attached hydrogens (tertiary/aromatic N) is 2. The lowest BCUT2D eigenvalue weighted by Crippen LogP contribution is -2.31. The fraction of sp³-hybridized carbons (Fsp3) is 0.333. The Balaban J connectivity index is 2.02. The van der Waals surface area contributed by atoms with E-state index in [4.69, 9.17) is 16.6 Å². The maximum atomic E-state index is 13.4. The third kappa shape index (κ3) is 7.03. The first-order valence-corrected chi connectivity index (χ1v) is 11.6. The number of benzene rings is 2. The molecule has 0 spiro atoms. The van der Waals surface area contributed by atoms with Crippen LogP contribution < -0.4 is 4.90 Å². The molecule has 0 saturated carbocycles. The summed E-state index contributed by atoms with van der Waals surface area (Å²) in [5, 5.41) is 10.1. The molecule has 0 aliphatic rings. The van der Waals surface area contributed by atoms with E-state index in [1.54, 1.807) is 12.1 Å². The fourth-order valence-electron chi connectivity index (χ4n) is 3.87. The normalized spacial score (nSPS) is 12.1. The van der Waals surface area contributed by atoms with Gasteiger partial charge in [0.1, 0.15) is 11.6 Å². The molecule has 33 heavy (non-hydrogen) atoms. The maximum Gasteiger partial charge on any atom is 0.304 e. The van der Waals surface area contributed by atoms with Gasteiger partial charge in [-0.1, -0.05) is 42.8 Å². The summed E-state index contributed by atoms with van der Waals surface area (Å²) in [5.41, 5.74) is 3.94. The van der Waals surface area contributed by atoms with E-state index in [0.717, 1.165) is 28.2 Å². The molecule has 174 valence electrons. The molecule has 1 atom stereocenters. The average molecular weight is 469 g/mol. The van der Waals surface area contributed by atoms with Crippen LogP contribution in [0.25, 0.3) is 0 Å². The number of carboxylic acid groups (broad SMARTS) is 1. The lowest BCUT2D eigenvalue weighted by atomic mass is 9.95. The Morgan fingerprint density at radius 1 is 1.03 bits per heavy atom. The number of aromatic nitrogens is 1. The second-order valence-corrected chi connectivity index (χ2v) is 9.05. The molecule has 3 aromatic rings. The Morgan fingerprint density at radius 2 is 1.67 bits per heavy atom. The van der Waals surface area contributed by atoms with Gasteiger partial charge in [-0.2, -0.15) is 0 Å². The zero-order chi connectivity index (χ0) is 24.0. The van der Waals surface area contributed by atoms with Gasteiger partial charge in [0.15, 0.2) is 0 Å². The highest BCUT2D eigenvalue weighted by Crippen LogP contribution is 2.28. The monoisotopic (exact) mass is 468 g/mol. The highest BCUT2D eigenvalue weighted by Gasteiger charge is 2.20. The molecule has 1 N–H and O–H groups in total. The summed E-state index contributed by atoms with van der Waals surface area (Å²) in [7, 11) is 0. The summed E-state index contributed by atoms with van der Waals surface area (Å²) in [6, 6.07) is 18.4. The van der Waals surface area contributed by atoms with E-state index in [1.807, 2.05) is 37.3 Å². The van der Waals surface area contributed by atoms with Crippen LogP contribution in [0.3, 0.4) is 0 Å². The molecule has 6 heteroatoms. The molecule has 0 aliphatic heterocycles. The quantitative estimate of drug-likeness (QED) is 0.353. The van der Waals surface area contributed by atoms with E-state index in [2.05, 4.69) is 24.8 Å². The highest BCUT2D eigenvalue weighted by atomic mass is 35.5. The van der Waals surface area contributed by atoms with Crippen molar-refractivity contribution < 1.29 is 14.3 Å². The highest BCUT2D eigenvalue weighted by molar-refractivity contribution is 6.30. The summed E-state index contributed by atoms with van der Waals surface area (Å²) in [6.45, 7) is 6.74. The maximum absolute atomic E-state index is 13.4. The Labute approximate surface area is 200 Å². The molecule has 0 aliphatic carbocycles. The van der Waals surface area contributed by atoms with E-state index in [-0.39, 0.29) is 24.2 Å². The van der Waals surface area contributed by atoms with Gasteiger partial charge in [0, 0.05) is 29.2 Å². The summed E-state index contributed by atoms with van der Waals surface area (Å²) in [6.07, 6.45) is 1.40. The number of hydrogen-bond donors (Lipinski definition) is 1. The zero-order valence-electron chi connectivity index (χ0n) is 19.3. The van der Waals surface area contributed by atoms with Crippen molar-refractivity contribution in [2.45, 2.75) is 58.5 Å². The molecule has 0 amide bonds. The van der Waals surface area contributed by atoms with Crippen molar-refractivity contribution in [3.63, 3.8) is 0 Å².